The number of para-hydroxylation sites is 2. The second kappa shape index (κ2) is 8.01. The minimum absolute atomic E-state index is 0.153. The lowest BCUT2D eigenvalue weighted by atomic mass is 9.98. The maximum absolute atomic E-state index is 12.5. The number of carbonyl (C=O) groups excluding carboxylic acids is 1. The first-order chi connectivity index (χ1) is 13.2. The van der Waals surface area contributed by atoms with Gasteiger partial charge in [-0.2, -0.15) is 0 Å². The molecule has 0 aromatic heterocycles. The van der Waals surface area contributed by atoms with Gasteiger partial charge in [0.2, 0.25) is 0 Å². The molecule has 0 aliphatic carbocycles. The van der Waals surface area contributed by atoms with Gasteiger partial charge >= 0.3 is 6.03 Å². The van der Waals surface area contributed by atoms with Crippen molar-refractivity contribution >= 4 is 11.7 Å². The van der Waals surface area contributed by atoms with Gasteiger partial charge in [0.1, 0.15) is 12.4 Å². The Morgan fingerprint density at radius 2 is 1.70 bits per heavy atom. The molecular formula is C22H27N3O2. The number of benzene rings is 2. The second-order valence-corrected chi connectivity index (χ2v) is 7.59. The highest BCUT2D eigenvalue weighted by Gasteiger charge is 2.38. The van der Waals surface area contributed by atoms with Crippen molar-refractivity contribution in [1.29, 1.82) is 0 Å². The largest absolute Gasteiger partial charge is 0.487 e. The van der Waals surface area contributed by atoms with Crippen LogP contribution < -0.4 is 15.4 Å². The standard InChI is InChI=1S/C22H27N3O2/c1-25-18-11-12-19(25)14-17(13-18)23-22(26)24-20-9-5-6-10-21(20)27-15-16-7-3-2-4-8-16/h2-10,17-19H,11-15H2,1H3,(H2,23,24,26)/t17?,18-,19+. The minimum atomic E-state index is -0.153. The highest BCUT2D eigenvalue weighted by atomic mass is 16.5. The number of urea groups is 1. The van der Waals surface area contributed by atoms with Crippen LogP contribution in [0.1, 0.15) is 31.2 Å². The van der Waals surface area contributed by atoms with Crippen molar-refractivity contribution < 1.29 is 9.53 Å². The van der Waals surface area contributed by atoms with E-state index in [0.29, 0.717) is 30.1 Å². The average Bonchev–Trinajstić information content (AvgIpc) is 2.89. The first-order valence-corrected chi connectivity index (χ1v) is 9.74. The summed E-state index contributed by atoms with van der Waals surface area (Å²) in [5.41, 5.74) is 1.79. The molecule has 4 rings (SSSR count). The summed E-state index contributed by atoms with van der Waals surface area (Å²) in [5, 5.41) is 6.12. The smallest absolute Gasteiger partial charge is 0.319 e. The zero-order valence-electron chi connectivity index (χ0n) is 15.7. The van der Waals surface area contributed by atoms with E-state index in [-0.39, 0.29) is 12.1 Å². The maximum atomic E-state index is 12.5. The highest BCUT2D eigenvalue weighted by molar-refractivity contribution is 5.91. The van der Waals surface area contributed by atoms with Gasteiger partial charge < -0.3 is 20.3 Å². The van der Waals surface area contributed by atoms with E-state index < -0.39 is 0 Å². The van der Waals surface area contributed by atoms with Gasteiger partial charge in [0, 0.05) is 18.1 Å². The fraction of sp³-hybridized carbons (Fsp3) is 0.409. The van der Waals surface area contributed by atoms with Crippen LogP contribution in [0.5, 0.6) is 5.75 Å². The van der Waals surface area contributed by atoms with Gasteiger partial charge in [0.25, 0.3) is 0 Å². The fourth-order valence-electron chi connectivity index (χ4n) is 4.30. The Morgan fingerprint density at radius 1 is 1.04 bits per heavy atom. The number of piperidine rings is 1. The Hall–Kier alpha value is -2.53. The molecule has 2 aromatic carbocycles. The Bertz CT molecular complexity index is 766. The summed E-state index contributed by atoms with van der Waals surface area (Å²) in [6.45, 7) is 0.472. The normalized spacial score (nSPS) is 24.4. The SMILES string of the molecule is CN1[C@@H]2CC[C@H]1CC(NC(=O)Nc1ccccc1OCc1ccccc1)C2. The molecule has 2 amide bonds. The van der Waals surface area contributed by atoms with Crippen LogP contribution in [-0.4, -0.2) is 36.1 Å². The monoisotopic (exact) mass is 365 g/mol. The molecule has 1 unspecified atom stereocenters. The quantitative estimate of drug-likeness (QED) is 0.842. The van der Waals surface area contributed by atoms with E-state index in [1.807, 2.05) is 54.6 Å². The lowest BCUT2D eigenvalue weighted by Crippen LogP contribution is -2.49. The van der Waals surface area contributed by atoms with Crippen LogP contribution in [0.2, 0.25) is 0 Å². The highest BCUT2D eigenvalue weighted by Crippen LogP contribution is 2.34. The van der Waals surface area contributed by atoms with Crippen molar-refractivity contribution in [2.75, 3.05) is 12.4 Å². The van der Waals surface area contributed by atoms with E-state index in [9.17, 15) is 4.79 Å². The maximum Gasteiger partial charge on any atom is 0.319 e. The van der Waals surface area contributed by atoms with Crippen molar-refractivity contribution in [2.24, 2.45) is 0 Å². The van der Waals surface area contributed by atoms with Crippen LogP contribution in [0.15, 0.2) is 54.6 Å². The third-order valence-corrected chi connectivity index (χ3v) is 5.81. The van der Waals surface area contributed by atoms with Gasteiger partial charge in [-0.05, 0) is 50.4 Å². The van der Waals surface area contributed by atoms with Crippen molar-refractivity contribution in [2.45, 2.75) is 50.4 Å². The Balaban J connectivity index is 1.34. The van der Waals surface area contributed by atoms with Crippen LogP contribution in [0.25, 0.3) is 0 Å². The molecule has 2 N–H and O–H groups in total. The summed E-state index contributed by atoms with van der Waals surface area (Å²) in [4.78, 5) is 15.0. The number of anilines is 1. The van der Waals surface area contributed by atoms with Gasteiger partial charge in [0.15, 0.2) is 0 Å². The lowest BCUT2D eigenvalue weighted by molar-refractivity contribution is 0.151. The van der Waals surface area contributed by atoms with Gasteiger partial charge in [-0.15, -0.1) is 0 Å². The molecule has 2 fully saturated rings. The summed E-state index contributed by atoms with van der Waals surface area (Å²) >= 11 is 0. The van der Waals surface area contributed by atoms with Gasteiger partial charge in [-0.1, -0.05) is 42.5 Å². The fourth-order valence-corrected chi connectivity index (χ4v) is 4.30. The number of hydrogen-bond donors (Lipinski definition) is 2. The van der Waals surface area contributed by atoms with Crippen molar-refractivity contribution in [3.05, 3.63) is 60.2 Å². The van der Waals surface area contributed by atoms with Crippen LogP contribution in [-0.2, 0) is 6.61 Å². The third kappa shape index (κ3) is 4.25. The van der Waals surface area contributed by atoms with Gasteiger partial charge in [-0.3, -0.25) is 0 Å². The van der Waals surface area contributed by atoms with Crippen LogP contribution >= 0.6 is 0 Å². The third-order valence-electron chi connectivity index (χ3n) is 5.81. The Morgan fingerprint density at radius 3 is 2.44 bits per heavy atom. The number of amides is 2. The van der Waals surface area contributed by atoms with Crippen molar-refractivity contribution in [3.8, 4) is 5.75 Å². The zero-order valence-corrected chi connectivity index (χ0v) is 15.7. The van der Waals surface area contributed by atoms with E-state index in [0.717, 1.165) is 18.4 Å². The molecule has 142 valence electrons. The number of ether oxygens (including phenoxy) is 1. The minimum Gasteiger partial charge on any atom is -0.487 e. The van der Waals surface area contributed by atoms with Gasteiger partial charge in [0.05, 0.1) is 5.69 Å². The number of fused-ring (bicyclic) bond motifs is 2. The molecule has 0 radical (unpaired) electrons. The number of hydrogen-bond acceptors (Lipinski definition) is 3. The van der Waals surface area contributed by atoms with E-state index in [4.69, 9.17) is 4.74 Å². The van der Waals surface area contributed by atoms with Crippen molar-refractivity contribution in [3.63, 3.8) is 0 Å². The predicted molar refractivity (Wildman–Crippen MR) is 107 cm³/mol. The van der Waals surface area contributed by atoms with Crippen LogP contribution in [0.3, 0.4) is 0 Å². The molecule has 0 spiro atoms. The average molecular weight is 365 g/mol. The first-order valence-electron chi connectivity index (χ1n) is 9.74. The Kier molecular flexibility index (Phi) is 5.30. The summed E-state index contributed by atoms with van der Waals surface area (Å²) in [6.07, 6.45) is 4.56. The number of rotatable bonds is 5. The molecule has 2 saturated heterocycles. The molecule has 5 nitrogen and oxygen atoms in total. The summed E-state index contributed by atoms with van der Waals surface area (Å²) in [7, 11) is 2.21. The molecule has 2 aromatic rings. The van der Waals surface area contributed by atoms with Crippen LogP contribution in [0.4, 0.5) is 10.5 Å². The van der Waals surface area contributed by atoms with Crippen molar-refractivity contribution in [1.82, 2.24) is 10.2 Å². The number of nitrogens with zero attached hydrogens (tertiary/aromatic N) is 1. The zero-order chi connectivity index (χ0) is 18.6. The van der Waals surface area contributed by atoms with Gasteiger partial charge in [-0.25, -0.2) is 4.79 Å². The molecule has 3 atom stereocenters. The van der Waals surface area contributed by atoms with E-state index in [1.165, 1.54) is 12.8 Å². The molecular weight excluding hydrogens is 338 g/mol. The molecule has 2 bridgehead atoms. The molecule has 5 heteroatoms. The first kappa shape index (κ1) is 17.9. The summed E-state index contributed by atoms with van der Waals surface area (Å²) < 4.78 is 5.92. The predicted octanol–water partition coefficient (Wildman–Crippen LogP) is 4.01. The molecule has 27 heavy (non-hydrogen) atoms. The van der Waals surface area contributed by atoms with Crippen LogP contribution in [0, 0.1) is 0 Å². The van der Waals surface area contributed by atoms with E-state index in [2.05, 4.69) is 22.6 Å². The topological polar surface area (TPSA) is 53.6 Å². The molecule has 2 aliphatic heterocycles. The van der Waals surface area contributed by atoms with E-state index in [1.54, 1.807) is 0 Å². The van der Waals surface area contributed by atoms with E-state index >= 15 is 0 Å². The summed E-state index contributed by atoms with van der Waals surface area (Å²) in [5.74, 6) is 0.681. The number of carbonyl (C=O) groups is 1. The molecule has 0 saturated carbocycles. The Labute approximate surface area is 160 Å². The lowest BCUT2D eigenvalue weighted by Gasteiger charge is -2.36. The molecule has 2 aliphatic rings. The summed E-state index contributed by atoms with van der Waals surface area (Å²) in [6, 6.07) is 18.9. The molecule has 2 heterocycles. The number of nitrogens with one attached hydrogen (secondary N) is 2. The second-order valence-electron chi connectivity index (χ2n) is 7.59.